The van der Waals surface area contributed by atoms with Crippen LogP contribution in [-0.4, -0.2) is 10.6 Å². The Hall–Kier alpha value is -0.570. The van der Waals surface area contributed by atoms with Crippen molar-refractivity contribution < 1.29 is 21.2 Å². The average molecular weight is 242 g/mol. The molecular weight excluding hydrogens is 218 g/mol. The molecule has 0 radical (unpaired) electrons. The first-order chi connectivity index (χ1) is 10.5. The van der Waals surface area contributed by atoms with Crippen molar-refractivity contribution >= 4 is 15.9 Å². The second-order valence-electron chi connectivity index (χ2n) is 1.87. The third kappa shape index (κ3) is 3.22. The van der Waals surface area contributed by atoms with E-state index in [4.69, 9.17) is 21.2 Å². The van der Waals surface area contributed by atoms with Crippen molar-refractivity contribution in [1.29, 1.82) is 0 Å². The van der Waals surface area contributed by atoms with Gasteiger partial charge in [0.1, 0.15) is 10.2 Å². The zero-order valence-corrected chi connectivity index (χ0v) is 7.32. The zero-order chi connectivity index (χ0) is 19.3. The number of hydrogen-bond donors (Lipinski definition) is 0. The van der Waals surface area contributed by atoms with Crippen LogP contribution in [-0.2, 0) is 0 Å². The Balaban J connectivity index is 3.74. The van der Waals surface area contributed by atoms with E-state index >= 15 is 0 Å². The number of halogens is 1. The van der Waals surface area contributed by atoms with Crippen molar-refractivity contribution in [1.82, 2.24) is 4.98 Å². The minimum Gasteiger partial charge on any atom is -0.472 e. The van der Waals surface area contributed by atoms with Gasteiger partial charge < -0.3 is 4.74 Å². The van der Waals surface area contributed by atoms with E-state index in [0.29, 0.717) is 0 Å². The lowest BCUT2D eigenvalue weighted by molar-refractivity contribution is 0.124. The van der Waals surface area contributed by atoms with Gasteiger partial charge >= 0.3 is 0 Å². The minimum absolute atomic E-state index is 0.325. The van der Waals surface area contributed by atoms with Crippen LogP contribution in [0.1, 0.15) is 37.0 Å². The third-order valence-corrected chi connectivity index (χ3v) is 1.16. The minimum atomic E-state index is -3.66. The van der Waals surface area contributed by atoms with Crippen LogP contribution in [0.3, 0.4) is 0 Å². The second-order valence-corrected chi connectivity index (χ2v) is 2.62. The highest BCUT2D eigenvalue weighted by molar-refractivity contribution is 9.10. The molecule has 3 heteroatoms. The fourth-order valence-corrected chi connectivity index (χ4v) is 0.735. The van der Waals surface area contributed by atoms with E-state index in [0.717, 1.165) is 0 Å². The van der Waals surface area contributed by atoms with Gasteiger partial charge in [0.05, 0.1) is 4.11 Å². The first-order valence-corrected chi connectivity index (χ1v) is 3.59. The predicted molar refractivity (Wildman–Crippen MR) is 52.3 cm³/mol. The topological polar surface area (TPSA) is 22.1 Å². The smallest absolute Gasteiger partial charge is 0.214 e. The summed E-state index contributed by atoms with van der Waals surface area (Å²) in [7, 11) is 0. The van der Waals surface area contributed by atoms with Gasteiger partial charge in [-0.2, -0.15) is 0 Å². The highest BCUT2D eigenvalue weighted by Gasteiger charge is 2.12. The Morgan fingerprint density at radius 2 is 2.33 bits per heavy atom. The van der Waals surface area contributed by atoms with Crippen molar-refractivity contribution in [2.75, 3.05) is 0 Å². The molecule has 0 spiro atoms. The van der Waals surface area contributed by atoms with Gasteiger partial charge in [-0.1, -0.05) is 6.04 Å². The van der Waals surface area contributed by atoms with Crippen LogP contribution in [0.5, 0.6) is 5.88 Å². The van der Waals surface area contributed by atoms with Crippen LogP contribution >= 0.6 is 15.9 Å². The molecule has 1 rings (SSSR count). The lowest BCUT2D eigenvalue weighted by Gasteiger charge is -2.20. The van der Waals surface area contributed by atoms with Crippen LogP contribution in [0.2, 0.25) is 0 Å². The number of hydrogen-bond acceptors (Lipinski definition) is 2. The SMILES string of the molecule is [2H]c1c(Br)nc(OC(C([2H])([2H])[2H])(C([2H])([2H])[2H])C([2H])([2H])[2H])c([2H])c1[2H]. The predicted octanol–water partition coefficient (Wildman–Crippen LogP) is 3.02. The Kier molecular flexibility index (Phi) is 0.649. The van der Waals surface area contributed by atoms with Gasteiger partial charge in [0, 0.05) is 18.4 Å². The maximum absolute atomic E-state index is 7.66. The highest BCUT2D eigenvalue weighted by Crippen LogP contribution is 2.17. The average Bonchev–Trinajstić information content (AvgIpc) is 2.34. The van der Waals surface area contributed by atoms with E-state index in [-0.39, 0.29) is 4.60 Å². The summed E-state index contributed by atoms with van der Waals surface area (Å²) in [5, 5.41) is 0. The molecule has 0 atom stereocenters. The molecule has 1 heterocycles. The summed E-state index contributed by atoms with van der Waals surface area (Å²) >= 11 is 2.79. The molecule has 1 aromatic rings. The standard InChI is InChI=1S/C9H12BrNO/c1-9(2,3)12-8-6-4-5-7(10)11-8/h4-6H,1-3H3/i1D3,2D3,3D3,4D,5D,6D. The van der Waals surface area contributed by atoms with Crippen molar-refractivity contribution in [2.24, 2.45) is 0 Å². The molecule has 2 nitrogen and oxygen atoms in total. The quantitative estimate of drug-likeness (QED) is 0.706. The molecule has 1 aromatic heterocycles. The van der Waals surface area contributed by atoms with Gasteiger partial charge in [0.15, 0.2) is 0 Å². The normalized spacial score (nSPS) is 29.1. The molecule has 0 aliphatic carbocycles. The molecule has 0 unspecified atom stereocenters. The first kappa shape index (κ1) is 2.27. The summed E-state index contributed by atoms with van der Waals surface area (Å²) < 4.78 is 94.0. The molecule has 0 aliphatic rings. The molecule has 0 saturated heterocycles. The van der Waals surface area contributed by atoms with Gasteiger partial charge in [-0.05, 0) is 42.5 Å². The first-order valence-electron chi connectivity index (χ1n) is 8.79. The van der Waals surface area contributed by atoms with Crippen molar-refractivity contribution in [3.63, 3.8) is 0 Å². The lowest BCUT2D eigenvalue weighted by atomic mass is 10.2. The molecule has 0 fully saturated rings. The van der Waals surface area contributed by atoms with Gasteiger partial charge in [-0.3, -0.25) is 0 Å². The molecule has 0 aromatic carbocycles. The van der Waals surface area contributed by atoms with Crippen LogP contribution in [0.4, 0.5) is 0 Å². The fourth-order valence-electron chi connectivity index (χ4n) is 0.475. The van der Waals surface area contributed by atoms with Crippen LogP contribution in [0.15, 0.2) is 22.7 Å². The molecule has 0 aliphatic heterocycles. The molecule has 0 N–H and O–H groups in total. The van der Waals surface area contributed by atoms with Crippen molar-refractivity contribution in [3.8, 4) is 5.88 Å². The number of rotatable bonds is 1. The second kappa shape index (κ2) is 3.44. The summed E-state index contributed by atoms with van der Waals surface area (Å²) in [5.41, 5.74) is -3.66. The van der Waals surface area contributed by atoms with E-state index in [2.05, 4.69) is 20.9 Å². The molecular formula is C9H12BrNO. The Bertz CT molecular complexity index is 597. The van der Waals surface area contributed by atoms with Gasteiger partial charge in [0.2, 0.25) is 5.88 Å². The Labute approximate surface area is 98.0 Å². The maximum atomic E-state index is 7.66. The Morgan fingerprint density at radius 1 is 1.58 bits per heavy atom. The Morgan fingerprint density at radius 3 is 3.00 bits per heavy atom. The van der Waals surface area contributed by atoms with Gasteiger partial charge in [-0.15, -0.1) is 0 Å². The van der Waals surface area contributed by atoms with Crippen molar-refractivity contribution in [3.05, 3.63) is 22.7 Å². The van der Waals surface area contributed by atoms with E-state index in [1.165, 1.54) is 0 Å². The van der Waals surface area contributed by atoms with E-state index in [9.17, 15) is 0 Å². The number of aromatic nitrogens is 1. The summed E-state index contributed by atoms with van der Waals surface area (Å²) in [4.78, 5) is 3.51. The maximum Gasteiger partial charge on any atom is 0.214 e. The van der Waals surface area contributed by atoms with Gasteiger partial charge in [0.25, 0.3) is 0 Å². The molecule has 0 bridgehead atoms. The molecule has 66 valence electrons. The highest BCUT2D eigenvalue weighted by atomic mass is 79.9. The largest absolute Gasteiger partial charge is 0.472 e. The summed E-state index contributed by atoms with van der Waals surface area (Å²) in [6, 6.07) is -2.15. The molecule has 12 heavy (non-hydrogen) atoms. The summed E-state index contributed by atoms with van der Waals surface area (Å²) in [6.45, 7) is -10.9. The van der Waals surface area contributed by atoms with Crippen LogP contribution in [0.25, 0.3) is 0 Å². The van der Waals surface area contributed by atoms with Crippen molar-refractivity contribution in [2.45, 2.75) is 26.2 Å². The van der Waals surface area contributed by atoms with E-state index in [1.807, 2.05) is 0 Å². The van der Waals surface area contributed by atoms with Crippen LogP contribution in [0, 0.1) is 0 Å². The summed E-state index contributed by atoms with van der Waals surface area (Å²) in [5.74, 6) is -0.980. The summed E-state index contributed by atoms with van der Waals surface area (Å²) in [6.07, 6.45) is 0. The number of pyridine rings is 1. The molecule has 0 saturated carbocycles. The van der Waals surface area contributed by atoms with E-state index < -0.39 is 50.2 Å². The molecule has 0 amide bonds. The van der Waals surface area contributed by atoms with E-state index in [1.54, 1.807) is 0 Å². The fraction of sp³-hybridized carbons (Fsp3) is 0.444. The third-order valence-electron chi connectivity index (χ3n) is 0.785. The lowest BCUT2D eigenvalue weighted by Crippen LogP contribution is -2.23. The monoisotopic (exact) mass is 241 g/mol. The zero-order valence-electron chi connectivity index (χ0n) is 17.7. The van der Waals surface area contributed by atoms with Gasteiger partial charge in [-0.25, -0.2) is 4.98 Å². The van der Waals surface area contributed by atoms with Crippen LogP contribution < -0.4 is 4.74 Å². The number of ether oxygens (including phenoxy) is 1. The number of nitrogens with zero attached hydrogens (tertiary/aromatic N) is 1.